The van der Waals surface area contributed by atoms with Crippen LogP contribution in [0, 0.1) is 0 Å². The number of hydrogen-bond acceptors (Lipinski definition) is 5. The van der Waals surface area contributed by atoms with Gasteiger partial charge in [0, 0.05) is 38.9 Å². The Labute approximate surface area is 187 Å². The predicted octanol–water partition coefficient (Wildman–Crippen LogP) is 5.10. The summed E-state index contributed by atoms with van der Waals surface area (Å²) >= 11 is 5.82. The summed E-state index contributed by atoms with van der Waals surface area (Å²) in [6.45, 7) is 1.85. The summed E-state index contributed by atoms with van der Waals surface area (Å²) in [5.41, 5.74) is 2.08. The topological polar surface area (TPSA) is 71.4 Å². The van der Waals surface area contributed by atoms with E-state index in [9.17, 15) is 18.0 Å². The first-order chi connectivity index (χ1) is 15.1. The van der Waals surface area contributed by atoms with E-state index < -0.39 is 23.7 Å². The smallest absolute Gasteiger partial charge is 0.478 e. The molecule has 1 spiro atoms. The fraction of sp³-hybridized carbons (Fsp3) is 0.364. The van der Waals surface area contributed by atoms with Crippen molar-refractivity contribution in [1.29, 1.82) is 0 Å². The third-order valence-corrected chi connectivity index (χ3v) is 6.01. The molecule has 2 aliphatic heterocycles. The number of likely N-dealkylation sites (tertiary alicyclic amines) is 1. The summed E-state index contributed by atoms with van der Waals surface area (Å²) in [4.78, 5) is 18.9. The Kier molecular flexibility index (Phi) is 6.05. The monoisotopic (exact) mass is 468 g/mol. The Bertz CT molecular complexity index is 1030. The van der Waals surface area contributed by atoms with E-state index in [2.05, 4.69) is 14.8 Å². The molecule has 6 nitrogen and oxygen atoms in total. The van der Waals surface area contributed by atoms with Gasteiger partial charge in [-0.15, -0.1) is 13.2 Å². The highest BCUT2D eigenvalue weighted by atomic mass is 35.5. The van der Waals surface area contributed by atoms with E-state index in [-0.39, 0.29) is 10.6 Å². The van der Waals surface area contributed by atoms with E-state index in [0.717, 1.165) is 11.3 Å². The minimum absolute atomic E-state index is 0.0934. The molecule has 1 N–H and O–H groups in total. The largest absolute Gasteiger partial charge is 0.573 e. The molecular formula is C22H20ClF3N2O4. The van der Waals surface area contributed by atoms with Crippen LogP contribution in [0.1, 0.15) is 40.7 Å². The van der Waals surface area contributed by atoms with Gasteiger partial charge in [-0.3, -0.25) is 4.90 Å². The molecule has 0 bridgehead atoms. The van der Waals surface area contributed by atoms with Crippen LogP contribution in [0.2, 0.25) is 5.02 Å². The summed E-state index contributed by atoms with van der Waals surface area (Å²) < 4.78 is 41.6. The minimum atomic E-state index is -4.80. The molecule has 1 saturated heterocycles. The molecule has 0 atom stereocenters. The summed E-state index contributed by atoms with van der Waals surface area (Å²) in [6, 6.07) is 10.9. The molecular weight excluding hydrogens is 449 g/mol. The number of piperidine rings is 1. The molecule has 0 aliphatic carbocycles. The number of carboxylic acids is 1. The van der Waals surface area contributed by atoms with Crippen molar-refractivity contribution in [3.63, 3.8) is 0 Å². The first-order valence-electron chi connectivity index (χ1n) is 9.98. The lowest BCUT2D eigenvalue weighted by Gasteiger charge is -2.37. The van der Waals surface area contributed by atoms with E-state index in [0.29, 0.717) is 44.5 Å². The molecule has 0 aromatic heterocycles. The molecule has 0 saturated carbocycles. The normalized spacial score (nSPS) is 18.3. The van der Waals surface area contributed by atoms with E-state index in [4.69, 9.17) is 21.5 Å². The minimum Gasteiger partial charge on any atom is -0.478 e. The number of carbonyl (C=O) groups is 1. The zero-order chi connectivity index (χ0) is 22.9. The molecule has 2 aromatic rings. The van der Waals surface area contributed by atoms with Crippen LogP contribution in [0.5, 0.6) is 5.75 Å². The number of nitrogens with zero attached hydrogens (tertiary/aromatic N) is 2. The number of alkyl halides is 3. The van der Waals surface area contributed by atoms with E-state index in [1.165, 1.54) is 24.3 Å². The number of rotatable bonds is 5. The maximum atomic E-state index is 12.5. The Balaban J connectivity index is 1.34. The predicted molar refractivity (Wildman–Crippen MR) is 111 cm³/mol. The van der Waals surface area contributed by atoms with Crippen molar-refractivity contribution in [3.8, 4) is 5.75 Å². The molecule has 1 fully saturated rings. The summed E-state index contributed by atoms with van der Waals surface area (Å²) in [6.07, 6.45) is -2.75. The molecule has 2 heterocycles. The van der Waals surface area contributed by atoms with Crippen LogP contribution in [-0.2, 0) is 11.4 Å². The van der Waals surface area contributed by atoms with Gasteiger partial charge in [0.15, 0.2) is 0 Å². The first kappa shape index (κ1) is 22.4. The number of oxime groups is 1. The number of carboxylic acid groups (broad SMARTS) is 1. The van der Waals surface area contributed by atoms with Gasteiger partial charge in [0.1, 0.15) is 11.4 Å². The van der Waals surface area contributed by atoms with Crippen LogP contribution >= 0.6 is 11.6 Å². The summed E-state index contributed by atoms with van der Waals surface area (Å²) in [5.74, 6) is -1.39. The summed E-state index contributed by atoms with van der Waals surface area (Å²) in [7, 11) is 0. The summed E-state index contributed by atoms with van der Waals surface area (Å²) in [5, 5.41) is 13.2. The van der Waals surface area contributed by atoms with Gasteiger partial charge in [-0.25, -0.2) is 4.79 Å². The van der Waals surface area contributed by atoms with E-state index in [1.807, 2.05) is 0 Å². The number of ether oxygens (including phenoxy) is 1. The molecule has 0 amide bonds. The Morgan fingerprint density at radius 3 is 2.50 bits per heavy atom. The molecule has 0 unspecified atom stereocenters. The molecule has 4 rings (SSSR count). The van der Waals surface area contributed by atoms with Crippen LogP contribution in [0.15, 0.2) is 47.6 Å². The fourth-order valence-electron chi connectivity index (χ4n) is 3.98. The highest BCUT2D eigenvalue weighted by Crippen LogP contribution is 2.37. The number of hydrogen-bond donors (Lipinski definition) is 1. The quantitative estimate of drug-likeness (QED) is 0.661. The van der Waals surface area contributed by atoms with Gasteiger partial charge in [-0.1, -0.05) is 35.0 Å². The maximum absolute atomic E-state index is 12.5. The van der Waals surface area contributed by atoms with Crippen molar-refractivity contribution in [2.45, 2.75) is 37.8 Å². The fourth-order valence-corrected chi connectivity index (χ4v) is 4.13. The lowest BCUT2D eigenvalue weighted by atomic mass is 9.85. The third-order valence-electron chi connectivity index (χ3n) is 5.70. The van der Waals surface area contributed by atoms with Gasteiger partial charge in [0.2, 0.25) is 0 Å². The second kappa shape index (κ2) is 8.63. The van der Waals surface area contributed by atoms with Crippen molar-refractivity contribution in [2.24, 2.45) is 5.16 Å². The van der Waals surface area contributed by atoms with Crippen molar-refractivity contribution in [2.75, 3.05) is 13.1 Å². The maximum Gasteiger partial charge on any atom is 0.573 e. The standard InChI is InChI=1S/C22H20ClF3N2O4/c23-17-6-1-14(11-19(17)31-22(24,25)26)13-28-9-7-21(8-10-28)12-18(27-32-21)15-2-4-16(5-3-15)20(29)30/h1-6,11H,7-10,12-13H2,(H,29,30). The van der Waals surface area contributed by atoms with E-state index >= 15 is 0 Å². The van der Waals surface area contributed by atoms with Crippen molar-refractivity contribution < 1.29 is 32.6 Å². The van der Waals surface area contributed by atoms with Crippen LogP contribution in [0.25, 0.3) is 0 Å². The lowest BCUT2D eigenvalue weighted by molar-refractivity contribution is -0.274. The average Bonchev–Trinajstić information content (AvgIpc) is 3.15. The highest BCUT2D eigenvalue weighted by Gasteiger charge is 2.42. The molecule has 170 valence electrons. The van der Waals surface area contributed by atoms with Gasteiger partial charge >= 0.3 is 12.3 Å². The molecule has 2 aliphatic rings. The van der Waals surface area contributed by atoms with E-state index in [1.54, 1.807) is 18.2 Å². The zero-order valence-corrected chi connectivity index (χ0v) is 17.6. The van der Waals surface area contributed by atoms with Gasteiger partial charge in [-0.05, 0) is 35.4 Å². The third kappa shape index (κ3) is 5.16. The Morgan fingerprint density at radius 2 is 1.88 bits per heavy atom. The van der Waals surface area contributed by atoms with Crippen LogP contribution < -0.4 is 4.74 Å². The van der Waals surface area contributed by atoms with Gasteiger partial charge in [-0.2, -0.15) is 0 Å². The first-order valence-corrected chi connectivity index (χ1v) is 10.4. The van der Waals surface area contributed by atoms with Crippen LogP contribution in [-0.4, -0.2) is 46.7 Å². The SMILES string of the molecule is O=C(O)c1ccc(C2=NOC3(CCN(Cc4ccc(Cl)c(OC(F)(F)F)c4)CC3)C2)cc1. The Hall–Kier alpha value is -2.78. The van der Waals surface area contributed by atoms with Crippen LogP contribution in [0.4, 0.5) is 13.2 Å². The van der Waals surface area contributed by atoms with Crippen molar-refractivity contribution in [3.05, 3.63) is 64.2 Å². The van der Waals surface area contributed by atoms with Gasteiger partial charge in [0.25, 0.3) is 0 Å². The van der Waals surface area contributed by atoms with Gasteiger partial charge < -0.3 is 14.7 Å². The second-order valence-corrected chi connectivity index (χ2v) is 8.37. The van der Waals surface area contributed by atoms with Gasteiger partial charge in [0.05, 0.1) is 16.3 Å². The Morgan fingerprint density at radius 1 is 1.19 bits per heavy atom. The van der Waals surface area contributed by atoms with Crippen molar-refractivity contribution >= 4 is 23.3 Å². The molecule has 10 heteroatoms. The molecule has 0 radical (unpaired) electrons. The zero-order valence-electron chi connectivity index (χ0n) is 16.9. The van der Waals surface area contributed by atoms with Crippen LogP contribution in [0.3, 0.4) is 0 Å². The lowest BCUT2D eigenvalue weighted by Crippen LogP contribution is -2.44. The number of aromatic carboxylic acids is 1. The molecule has 2 aromatic carbocycles. The van der Waals surface area contributed by atoms with Crippen molar-refractivity contribution in [1.82, 2.24) is 4.90 Å². The number of halogens is 4. The average molecular weight is 469 g/mol. The number of benzene rings is 2. The second-order valence-electron chi connectivity index (χ2n) is 7.96. The molecule has 32 heavy (non-hydrogen) atoms. The highest BCUT2D eigenvalue weighted by molar-refractivity contribution is 6.32.